The van der Waals surface area contributed by atoms with E-state index in [4.69, 9.17) is 9.47 Å². The van der Waals surface area contributed by atoms with E-state index >= 15 is 0 Å². The second-order valence-corrected chi connectivity index (χ2v) is 5.73. The van der Waals surface area contributed by atoms with Crippen LogP contribution >= 0.6 is 11.3 Å². The van der Waals surface area contributed by atoms with Crippen molar-refractivity contribution in [1.29, 1.82) is 0 Å². The molecule has 5 nitrogen and oxygen atoms in total. The number of nitrogens with zero attached hydrogens (tertiary/aromatic N) is 1. The molecule has 6 heteroatoms. The Labute approximate surface area is 128 Å². The van der Waals surface area contributed by atoms with Gasteiger partial charge in [0.15, 0.2) is 11.5 Å². The van der Waals surface area contributed by atoms with Crippen LogP contribution in [0.5, 0.6) is 17.2 Å². The molecule has 0 amide bonds. The molecular weight excluding hydrogens is 288 g/mol. The number of ether oxygens (including phenoxy) is 2. The number of aromatic hydroxyl groups is 1. The first-order chi connectivity index (χ1) is 10.2. The number of hydrogen-bond acceptors (Lipinski definition) is 6. The topological polar surface area (TPSA) is 63.6 Å². The van der Waals surface area contributed by atoms with Gasteiger partial charge in [0.05, 0.1) is 14.2 Å². The van der Waals surface area contributed by atoms with Crippen LogP contribution in [-0.2, 0) is 19.5 Å². The second-order valence-electron chi connectivity index (χ2n) is 4.53. The van der Waals surface area contributed by atoms with E-state index in [1.54, 1.807) is 23.5 Å². The van der Waals surface area contributed by atoms with E-state index in [1.165, 1.54) is 19.1 Å². The lowest BCUT2D eigenvalue weighted by Gasteiger charge is -2.11. The smallest absolute Gasteiger partial charge is 0.200 e. The van der Waals surface area contributed by atoms with E-state index < -0.39 is 0 Å². The first-order valence-electron chi connectivity index (χ1n) is 6.76. The number of rotatable bonds is 7. The largest absolute Gasteiger partial charge is 0.502 e. The van der Waals surface area contributed by atoms with Gasteiger partial charge < -0.3 is 19.9 Å². The molecule has 2 aromatic rings. The summed E-state index contributed by atoms with van der Waals surface area (Å²) in [5.74, 6) is 0.846. The zero-order chi connectivity index (χ0) is 15.2. The van der Waals surface area contributed by atoms with Crippen molar-refractivity contribution in [3.05, 3.63) is 33.8 Å². The molecule has 2 N–H and O–H groups in total. The zero-order valence-electron chi connectivity index (χ0n) is 12.5. The first-order valence-corrected chi connectivity index (χ1v) is 7.57. The van der Waals surface area contributed by atoms with E-state index in [0.717, 1.165) is 23.5 Å². The molecule has 0 aliphatic rings. The minimum absolute atomic E-state index is 0.0243. The molecule has 2 rings (SSSR count). The maximum atomic E-state index is 9.87. The number of nitrogens with one attached hydrogen (secondary N) is 1. The van der Waals surface area contributed by atoms with Gasteiger partial charge >= 0.3 is 0 Å². The van der Waals surface area contributed by atoms with Crippen LogP contribution in [0.2, 0.25) is 0 Å². The van der Waals surface area contributed by atoms with Crippen LogP contribution < -0.4 is 14.8 Å². The molecule has 1 heterocycles. The summed E-state index contributed by atoms with van der Waals surface area (Å²) in [5, 5.41) is 14.3. The molecule has 114 valence electrons. The number of methoxy groups -OCH3 is 2. The third-order valence-electron chi connectivity index (χ3n) is 3.09. The average molecular weight is 308 g/mol. The lowest BCUT2D eigenvalue weighted by atomic mass is 10.2. The van der Waals surface area contributed by atoms with Gasteiger partial charge in [0.1, 0.15) is 5.01 Å². The summed E-state index contributed by atoms with van der Waals surface area (Å²) < 4.78 is 10.3. The Morgan fingerprint density at radius 1 is 1.19 bits per heavy atom. The predicted molar refractivity (Wildman–Crippen MR) is 83.2 cm³/mol. The highest BCUT2D eigenvalue weighted by Gasteiger charge is 2.11. The van der Waals surface area contributed by atoms with Crippen molar-refractivity contribution in [2.24, 2.45) is 0 Å². The number of benzene rings is 1. The normalized spacial score (nSPS) is 10.6. The summed E-state index contributed by atoms with van der Waals surface area (Å²) in [6.45, 7) is 3.49. The molecule has 21 heavy (non-hydrogen) atoms. The quantitative estimate of drug-likeness (QED) is 0.823. The van der Waals surface area contributed by atoms with Crippen LogP contribution in [0.3, 0.4) is 0 Å². The van der Waals surface area contributed by atoms with Crippen molar-refractivity contribution in [1.82, 2.24) is 10.3 Å². The minimum Gasteiger partial charge on any atom is -0.502 e. The maximum absolute atomic E-state index is 9.87. The Bertz CT molecular complexity index is 573. The van der Waals surface area contributed by atoms with Crippen LogP contribution in [0, 0.1) is 0 Å². The van der Waals surface area contributed by atoms with Crippen molar-refractivity contribution >= 4 is 11.3 Å². The van der Waals surface area contributed by atoms with E-state index in [0.29, 0.717) is 18.0 Å². The van der Waals surface area contributed by atoms with Gasteiger partial charge in [-0.25, -0.2) is 4.98 Å². The maximum Gasteiger partial charge on any atom is 0.200 e. The third kappa shape index (κ3) is 3.86. The number of hydrogen-bond donors (Lipinski definition) is 2. The van der Waals surface area contributed by atoms with Gasteiger partial charge in [-0.2, -0.15) is 0 Å². The predicted octanol–water partition coefficient (Wildman–Crippen LogP) is 2.72. The van der Waals surface area contributed by atoms with Crippen molar-refractivity contribution in [3.8, 4) is 17.2 Å². The van der Waals surface area contributed by atoms with Gasteiger partial charge in [-0.1, -0.05) is 6.92 Å². The van der Waals surface area contributed by atoms with Crippen molar-refractivity contribution in [3.63, 3.8) is 0 Å². The first kappa shape index (κ1) is 15.6. The highest BCUT2D eigenvalue weighted by molar-refractivity contribution is 7.11. The number of thiazole rings is 1. The van der Waals surface area contributed by atoms with Gasteiger partial charge in [-0.15, -0.1) is 11.3 Å². The molecule has 0 aliphatic carbocycles. The Balaban J connectivity index is 1.99. The lowest BCUT2D eigenvalue weighted by Crippen LogP contribution is -2.12. The summed E-state index contributed by atoms with van der Waals surface area (Å²) in [5.41, 5.74) is 0.980. The monoisotopic (exact) mass is 308 g/mol. The number of aromatic nitrogens is 1. The number of aryl methyl sites for hydroxylation is 1. The molecular formula is C15H20N2O3S. The Morgan fingerprint density at radius 2 is 1.86 bits per heavy atom. The summed E-state index contributed by atoms with van der Waals surface area (Å²) in [7, 11) is 3.04. The fourth-order valence-corrected chi connectivity index (χ4v) is 2.79. The van der Waals surface area contributed by atoms with Gasteiger partial charge in [-0.05, 0) is 24.1 Å². The number of phenols is 1. The van der Waals surface area contributed by atoms with E-state index in [-0.39, 0.29) is 5.75 Å². The summed E-state index contributed by atoms with van der Waals surface area (Å²) in [6.07, 6.45) is 2.94. The molecule has 0 unspecified atom stereocenters. The summed E-state index contributed by atoms with van der Waals surface area (Å²) in [6, 6.07) is 3.59. The van der Waals surface area contributed by atoms with E-state index in [1.807, 2.05) is 6.20 Å². The zero-order valence-corrected chi connectivity index (χ0v) is 13.3. The fraction of sp³-hybridized carbons (Fsp3) is 0.400. The molecule has 0 spiro atoms. The molecule has 0 bridgehead atoms. The van der Waals surface area contributed by atoms with Crippen molar-refractivity contribution in [2.75, 3.05) is 14.2 Å². The minimum atomic E-state index is 0.0243. The van der Waals surface area contributed by atoms with Crippen LogP contribution in [0.1, 0.15) is 22.4 Å². The van der Waals surface area contributed by atoms with Crippen molar-refractivity contribution < 1.29 is 14.6 Å². The van der Waals surface area contributed by atoms with Gasteiger partial charge in [0, 0.05) is 24.2 Å². The number of phenolic OH excluding ortho intramolecular Hbond substituents is 1. The van der Waals surface area contributed by atoms with Gasteiger partial charge in [-0.3, -0.25) is 0 Å². The molecule has 0 radical (unpaired) electrons. The Morgan fingerprint density at radius 3 is 2.38 bits per heavy atom. The standard InChI is InChI=1S/C15H20N2O3S/c1-4-11-8-17-14(21-11)9-16-7-10-5-12(19-2)15(18)13(6-10)20-3/h5-6,8,16,18H,4,7,9H2,1-3H3. The molecule has 1 aromatic carbocycles. The van der Waals surface area contributed by atoms with Crippen LogP contribution in [0.4, 0.5) is 0 Å². The lowest BCUT2D eigenvalue weighted by molar-refractivity contribution is 0.339. The van der Waals surface area contributed by atoms with E-state index in [9.17, 15) is 5.11 Å². The molecule has 1 aromatic heterocycles. The fourth-order valence-electron chi connectivity index (χ4n) is 1.96. The highest BCUT2D eigenvalue weighted by atomic mass is 32.1. The summed E-state index contributed by atoms with van der Waals surface area (Å²) >= 11 is 1.72. The average Bonchev–Trinajstić information content (AvgIpc) is 2.96. The van der Waals surface area contributed by atoms with E-state index in [2.05, 4.69) is 17.2 Å². The van der Waals surface area contributed by atoms with Gasteiger partial charge in [0.2, 0.25) is 5.75 Å². The molecule has 0 aliphatic heterocycles. The molecule has 0 fully saturated rings. The molecule has 0 atom stereocenters. The third-order valence-corrected chi connectivity index (χ3v) is 4.24. The van der Waals surface area contributed by atoms with Crippen LogP contribution in [0.25, 0.3) is 0 Å². The molecule has 0 saturated heterocycles. The van der Waals surface area contributed by atoms with Gasteiger partial charge in [0.25, 0.3) is 0 Å². The SMILES string of the molecule is CCc1cnc(CNCc2cc(OC)c(O)c(OC)c2)s1. The highest BCUT2D eigenvalue weighted by Crippen LogP contribution is 2.37. The van der Waals surface area contributed by atoms with Crippen LogP contribution in [0.15, 0.2) is 18.3 Å². The van der Waals surface area contributed by atoms with Crippen molar-refractivity contribution in [2.45, 2.75) is 26.4 Å². The second kappa shape index (κ2) is 7.28. The molecule has 0 saturated carbocycles. The summed E-state index contributed by atoms with van der Waals surface area (Å²) in [4.78, 5) is 5.66. The Kier molecular flexibility index (Phi) is 5.41. The van der Waals surface area contributed by atoms with Crippen LogP contribution in [-0.4, -0.2) is 24.3 Å². The Hall–Kier alpha value is -1.79.